The van der Waals surface area contributed by atoms with Gasteiger partial charge in [0.25, 0.3) is 0 Å². The van der Waals surface area contributed by atoms with Gasteiger partial charge in [-0.05, 0) is 62.6 Å². The number of thiazole rings is 1. The van der Waals surface area contributed by atoms with Gasteiger partial charge in [-0.15, -0.1) is 0 Å². The lowest BCUT2D eigenvalue weighted by atomic mass is 10.1. The number of carbonyl (C=O) groups is 1. The van der Waals surface area contributed by atoms with Crippen molar-refractivity contribution < 1.29 is 17.9 Å². The third-order valence-electron chi connectivity index (χ3n) is 5.51. The molecule has 0 bridgehead atoms. The molecule has 0 radical (unpaired) electrons. The van der Waals surface area contributed by atoms with Crippen LogP contribution < -0.4 is 4.90 Å². The van der Waals surface area contributed by atoms with E-state index in [-0.39, 0.29) is 23.3 Å². The summed E-state index contributed by atoms with van der Waals surface area (Å²) in [5.41, 5.74) is 1.54. The fourth-order valence-electron chi connectivity index (χ4n) is 3.62. The maximum absolute atomic E-state index is 13.3. The van der Waals surface area contributed by atoms with E-state index in [0.717, 1.165) is 28.6 Å². The molecule has 1 fully saturated rings. The Labute approximate surface area is 197 Å². The SMILES string of the molecule is CC(C)S(=O)(=O)c1ccc(CC(=O)N(CC2CCCO2)c2nc3ccc(Cl)cc3s2)cc1. The van der Waals surface area contributed by atoms with Crippen LogP contribution in [0.2, 0.25) is 5.02 Å². The Balaban J connectivity index is 1.58. The molecule has 1 unspecified atom stereocenters. The van der Waals surface area contributed by atoms with Gasteiger partial charge in [-0.25, -0.2) is 13.4 Å². The van der Waals surface area contributed by atoms with Crippen LogP contribution in [0.25, 0.3) is 10.2 Å². The van der Waals surface area contributed by atoms with E-state index in [4.69, 9.17) is 16.3 Å². The number of nitrogens with zero attached hydrogens (tertiary/aromatic N) is 2. The maximum atomic E-state index is 13.3. The number of benzene rings is 2. The third-order valence-corrected chi connectivity index (χ3v) is 8.96. The van der Waals surface area contributed by atoms with Gasteiger partial charge in [0.15, 0.2) is 15.0 Å². The standard InChI is InChI=1S/C23H25ClN2O4S2/c1-15(2)32(28,29)19-8-5-16(6-9-19)12-22(27)26(14-18-4-3-11-30-18)23-25-20-10-7-17(24)13-21(20)31-23/h5-10,13,15,18H,3-4,11-12,14H2,1-2H3. The minimum absolute atomic E-state index is 0.0203. The number of hydrogen-bond donors (Lipinski definition) is 0. The predicted molar refractivity (Wildman–Crippen MR) is 128 cm³/mol. The molecule has 1 aliphatic heterocycles. The Morgan fingerprint density at radius 3 is 2.66 bits per heavy atom. The highest BCUT2D eigenvalue weighted by Crippen LogP contribution is 2.32. The smallest absolute Gasteiger partial charge is 0.233 e. The number of anilines is 1. The lowest BCUT2D eigenvalue weighted by Crippen LogP contribution is -2.38. The summed E-state index contributed by atoms with van der Waals surface area (Å²) in [5.74, 6) is -0.106. The number of aromatic nitrogens is 1. The Kier molecular flexibility index (Phi) is 6.86. The second-order valence-electron chi connectivity index (χ2n) is 8.16. The van der Waals surface area contributed by atoms with E-state index >= 15 is 0 Å². The molecular weight excluding hydrogens is 468 g/mol. The summed E-state index contributed by atoms with van der Waals surface area (Å²) in [6.07, 6.45) is 2.01. The molecule has 1 aliphatic rings. The van der Waals surface area contributed by atoms with Gasteiger partial charge >= 0.3 is 0 Å². The second kappa shape index (κ2) is 9.47. The summed E-state index contributed by atoms with van der Waals surface area (Å²) in [6, 6.07) is 12.0. The number of fused-ring (bicyclic) bond motifs is 1. The van der Waals surface area contributed by atoms with Gasteiger partial charge in [-0.2, -0.15) is 0 Å². The van der Waals surface area contributed by atoms with E-state index in [9.17, 15) is 13.2 Å². The molecule has 4 rings (SSSR count). The molecule has 9 heteroatoms. The van der Waals surface area contributed by atoms with Crippen molar-refractivity contribution in [2.24, 2.45) is 0 Å². The molecule has 1 atom stereocenters. The lowest BCUT2D eigenvalue weighted by Gasteiger charge is -2.23. The van der Waals surface area contributed by atoms with E-state index in [2.05, 4.69) is 4.98 Å². The first-order valence-electron chi connectivity index (χ1n) is 10.5. The fraction of sp³-hybridized carbons (Fsp3) is 0.391. The number of carbonyl (C=O) groups excluding carboxylic acids is 1. The number of ether oxygens (including phenoxy) is 1. The first kappa shape index (κ1) is 23.2. The van der Waals surface area contributed by atoms with Crippen LogP contribution in [0.4, 0.5) is 5.13 Å². The Bertz CT molecular complexity index is 1220. The van der Waals surface area contributed by atoms with Gasteiger partial charge in [-0.1, -0.05) is 35.1 Å². The van der Waals surface area contributed by atoms with Gasteiger partial charge in [0, 0.05) is 11.6 Å². The van der Waals surface area contributed by atoms with Gasteiger partial charge in [-0.3, -0.25) is 9.69 Å². The largest absolute Gasteiger partial charge is 0.376 e. The first-order valence-corrected chi connectivity index (χ1v) is 13.3. The van der Waals surface area contributed by atoms with Crippen molar-refractivity contribution in [1.82, 2.24) is 4.98 Å². The van der Waals surface area contributed by atoms with Crippen LogP contribution in [0.15, 0.2) is 47.4 Å². The number of amides is 1. The molecule has 1 amide bonds. The molecule has 1 saturated heterocycles. The number of rotatable bonds is 7. The Hall–Kier alpha value is -2.00. The van der Waals surface area contributed by atoms with Gasteiger partial charge < -0.3 is 4.74 Å². The molecular formula is C23H25ClN2O4S2. The molecule has 2 aromatic carbocycles. The van der Waals surface area contributed by atoms with Crippen molar-refractivity contribution in [3.8, 4) is 0 Å². The van der Waals surface area contributed by atoms with E-state index in [0.29, 0.717) is 23.3 Å². The molecule has 6 nitrogen and oxygen atoms in total. The topological polar surface area (TPSA) is 76.6 Å². The zero-order valence-electron chi connectivity index (χ0n) is 18.0. The van der Waals surface area contributed by atoms with E-state index in [1.54, 1.807) is 49.1 Å². The highest BCUT2D eigenvalue weighted by molar-refractivity contribution is 7.92. The highest BCUT2D eigenvalue weighted by Gasteiger charge is 2.26. The number of hydrogen-bond acceptors (Lipinski definition) is 6. The van der Waals surface area contributed by atoms with Crippen molar-refractivity contribution in [2.75, 3.05) is 18.1 Å². The van der Waals surface area contributed by atoms with Gasteiger partial charge in [0.1, 0.15) is 0 Å². The van der Waals surface area contributed by atoms with Crippen LogP contribution in [0.3, 0.4) is 0 Å². The average molecular weight is 493 g/mol. The van der Waals surface area contributed by atoms with E-state index in [1.165, 1.54) is 11.3 Å². The summed E-state index contributed by atoms with van der Waals surface area (Å²) in [6.45, 7) is 4.45. The van der Waals surface area contributed by atoms with Crippen LogP contribution >= 0.6 is 22.9 Å². The minimum atomic E-state index is -3.35. The molecule has 170 valence electrons. The van der Waals surface area contributed by atoms with Crippen molar-refractivity contribution >= 4 is 54.0 Å². The number of sulfone groups is 1. The molecule has 32 heavy (non-hydrogen) atoms. The Morgan fingerprint density at radius 1 is 1.25 bits per heavy atom. The third kappa shape index (κ3) is 4.98. The maximum Gasteiger partial charge on any atom is 0.233 e. The molecule has 3 aromatic rings. The highest BCUT2D eigenvalue weighted by atomic mass is 35.5. The van der Waals surface area contributed by atoms with Crippen molar-refractivity contribution in [1.29, 1.82) is 0 Å². The summed E-state index contributed by atoms with van der Waals surface area (Å²) in [4.78, 5) is 19.9. The predicted octanol–water partition coefficient (Wildman–Crippen LogP) is 4.89. The van der Waals surface area contributed by atoms with Gasteiger partial charge in [0.05, 0.1) is 39.4 Å². The molecule has 2 heterocycles. The zero-order valence-corrected chi connectivity index (χ0v) is 20.3. The monoisotopic (exact) mass is 492 g/mol. The second-order valence-corrected chi connectivity index (χ2v) is 12.1. The summed E-state index contributed by atoms with van der Waals surface area (Å²) < 4.78 is 31.4. The van der Waals surface area contributed by atoms with Crippen molar-refractivity contribution in [3.05, 3.63) is 53.1 Å². The van der Waals surface area contributed by atoms with E-state index < -0.39 is 15.1 Å². The van der Waals surface area contributed by atoms with Crippen molar-refractivity contribution in [3.63, 3.8) is 0 Å². The molecule has 1 aromatic heterocycles. The average Bonchev–Trinajstić information content (AvgIpc) is 3.41. The lowest BCUT2D eigenvalue weighted by molar-refractivity contribution is -0.118. The summed E-state index contributed by atoms with van der Waals surface area (Å²) in [7, 11) is -3.35. The number of halogens is 1. The minimum Gasteiger partial charge on any atom is -0.376 e. The molecule has 0 N–H and O–H groups in total. The molecule has 0 aliphatic carbocycles. The van der Waals surface area contributed by atoms with Crippen LogP contribution in [0.5, 0.6) is 0 Å². The first-order chi connectivity index (χ1) is 15.2. The summed E-state index contributed by atoms with van der Waals surface area (Å²) in [5, 5.41) is 0.743. The quantitative estimate of drug-likeness (QED) is 0.469. The molecule has 0 spiro atoms. The van der Waals surface area contributed by atoms with E-state index in [1.807, 2.05) is 12.1 Å². The van der Waals surface area contributed by atoms with Crippen LogP contribution in [0.1, 0.15) is 32.3 Å². The van der Waals surface area contributed by atoms with Crippen LogP contribution in [0, 0.1) is 0 Å². The van der Waals surface area contributed by atoms with Crippen molar-refractivity contribution in [2.45, 2.75) is 49.4 Å². The summed E-state index contributed by atoms with van der Waals surface area (Å²) >= 11 is 7.54. The van der Waals surface area contributed by atoms with Crippen LogP contribution in [-0.4, -0.2) is 43.8 Å². The zero-order chi connectivity index (χ0) is 22.9. The molecule has 0 saturated carbocycles. The van der Waals surface area contributed by atoms with Crippen LogP contribution in [-0.2, 0) is 25.8 Å². The Morgan fingerprint density at radius 2 is 2.00 bits per heavy atom. The normalized spacial score (nSPS) is 16.7. The fourth-order valence-corrected chi connectivity index (χ4v) is 5.95. The van der Waals surface area contributed by atoms with Gasteiger partial charge in [0.2, 0.25) is 5.91 Å².